The largest absolute Gasteiger partial charge is 0.325 e. The molecule has 1 N–H and O–H groups in total. The first-order valence-electron chi connectivity index (χ1n) is 6.29. The summed E-state index contributed by atoms with van der Waals surface area (Å²) in [7, 11) is 0. The third-order valence-corrected chi connectivity index (χ3v) is 4.36. The summed E-state index contributed by atoms with van der Waals surface area (Å²) in [5.41, 5.74) is 0.796. The molecule has 0 aliphatic carbocycles. The molecule has 0 fully saturated rings. The van der Waals surface area contributed by atoms with Gasteiger partial charge >= 0.3 is 0 Å². The van der Waals surface area contributed by atoms with Crippen LogP contribution in [0, 0.1) is 10.5 Å². The monoisotopic (exact) mass is 414 g/mol. The maximum absolute atomic E-state index is 11.9. The highest BCUT2D eigenvalue weighted by Crippen LogP contribution is 2.18. The van der Waals surface area contributed by atoms with Crippen LogP contribution in [0.4, 0.5) is 5.69 Å². The van der Waals surface area contributed by atoms with E-state index in [0.717, 1.165) is 20.2 Å². The molecule has 21 heavy (non-hydrogen) atoms. The molecule has 1 heterocycles. The Labute approximate surface area is 141 Å². The van der Waals surface area contributed by atoms with Gasteiger partial charge in [0.15, 0.2) is 5.16 Å². The Morgan fingerprint density at radius 3 is 2.81 bits per heavy atom. The molecule has 0 spiro atoms. The van der Waals surface area contributed by atoms with E-state index in [1.165, 1.54) is 11.8 Å². The van der Waals surface area contributed by atoms with Gasteiger partial charge in [-0.1, -0.05) is 17.8 Å². The van der Waals surface area contributed by atoms with Gasteiger partial charge in [0.05, 0.1) is 5.75 Å². The molecule has 0 saturated heterocycles. The van der Waals surface area contributed by atoms with Crippen molar-refractivity contribution >= 4 is 45.9 Å². The maximum Gasteiger partial charge on any atom is 0.234 e. The molecule has 0 saturated carbocycles. The molecule has 0 radical (unpaired) electrons. The highest BCUT2D eigenvalue weighted by Gasteiger charge is 2.10. The van der Waals surface area contributed by atoms with Crippen molar-refractivity contribution in [2.75, 3.05) is 11.1 Å². The highest BCUT2D eigenvalue weighted by molar-refractivity contribution is 14.1. The van der Waals surface area contributed by atoms with Crippen molar-refractivity contribution in [3.8, 4) is 0 Å². The normalized spacial score (nSPS) is 10.4. The summed E-state index contributed by atoms with van der Waals surface area (Å²) < 4.78 is 3.06. The number of carbonyl (C=O) groups excluding carboxylic acids is 1. The van der Waals surface area contributed by atoms with Crippen molar-refractivity contribution in [3.63, 3.8) is 0 Å². The minimum Gasteiger partial charge on any atom is -0.325 e. The standard InChI is InChI=1S/C14H15IN4OS/c1-3-8-19-10(2)17-18-14(19)21-9-13(20)16-12-6-4-11(15)5-7-12/h3-7H,1,8-9H2,2H3,(H,16,20). The van der Waals surface area contributed by atoms with Crippen LogP contribution in [0.25, 0.3) is 0 Å². The molecule has 0 aliphatic heterocycles. The van der Waals surface area contributed by atoms with Gasteiger partial charge in [0.25, 0.3) is 0 Å². The number of nitrogens with zero attached hydrogens (tertiary/aromatic N) is 3. The molecule has 5 nitrogen and oxygen atoms in total. The molecular weight excluding hydrogens is 399 g/mol. The molecule has 2 aromatic rings. The Balaban J connectivity index is 1.92. The number of rotatable bonds is 6. The van der Waals surface area contributed by atoms with Crippen LogP contribution in [0.2, 0.25) is 0 Å². The number of amides is 1. The van der Waals surface area contributed by atoms with E-state index in [4.69, 9.17) is 0 Å². The molecule has 0 aliphatic rings. The van der Waals surface area contributed by atoms with Crippen LogP contribution in [0.1, 0.15) is 5.82 Å². The van der Waals surface area contributed by atoms with Gasteiger partial charge in [-0.05, 0) is 53.8 Å². The average Bonchev–Trinajstić information content (AvgIpc) is 2.81. The lowest BCUT2D eigenvalue weighted by atomic mass is 10.3. The van der Waals surface area contributed by atoms with E-state index in [-0.39, 0.29) is 5.91 Å². The number of hydrogen-bond acceptors (Lipinski definition) is 4. The van der Waals surface area contributed by atoms with E-state index < -0.39 is 0 Å². The van der Waals surface area contributed by atoms with Crippen LogP contribution in [-0.4, -0.2) is 26.4 Å². The Morgan fingerprint density at radius 2 is 2.14 bits per heavy atom. The zero-order valence-corrected chi connectivity index (χ0v) is 14.5. The number of benzene rings is 1. The predicted molar refractivity (Wildman–Crippen MR) is 93.5 cm³/mol. The molecular formula is C14H15IN4OS. The van der Waals surface area contributed by atoms with E-state index in [0.29, 0.717) is 12.3 Å². The predicted octanol–water partition coefficient (Wildman–Crippen LogP) is 3.11. The molecule has 1 amide bonds. The smallest absolute Gasteiger partial charge is 0.234 e. The molecule has 110 valence electrons. The summed E-state index contributed by atoms with van der Waals surface area (Å²) in [4.78, 5) is 11.9. The molecule has 0 atom stereocenters. The van der Waals surface area contributed by atoms with Crippen LogP contribution >= 0.6 is 34.4 Å². The lowest BCUT2D eigenvalue weighted by Gasteiger charge is -2.06. The lowest BCUT2D eigenvalue weighted by molar-refractivity contribution is -0.113. The summed E-state index contributed by atoms with van der Waals surface area (Å²) in [5.74, 6) is 1.05. The van der Waals surface area contributed by atoms with Gasteiger partial charge in [-0.3, -0.25) is 4.79 Å². The zero-order chi connectivity index (χ0) is 15.2. The first-order chi connectivity index (χ1) is 10.1. The Morgan fingerprint density at radius 1 is 1.43 bits per heavy atom. The number of allylic oxidation sites excluding steroid dienone is 1. The first-order valence-corrected chi connectivity index (χ1v) is 8.35. The summed E-state index contributed by atoms with van der Waals surface area (Å²) >= 11 is 3.59. The number of aromatic nitrogens is 3. The molecule has 7 heteroatoms. The first kappa shape index (κ1) is 16.0. The minimum atomic E-state index is -0.0629. The Kier molecular flexibility index (Phi) is 5.80. The van der Waals surface area contributed by atoms with E-state index >= 15 is 0 Å². The van der Waals surface area contributed by atoms with Crippen molar-refractivity contribution in [3.05, 3.63) is 46.3 Å². The van der Waals surface area contributed by atoms with Crippen LogP contribution in [-0.2, 0) is 11.3 Å². The van der Waals surface area contributed by atoms with Gasteiger partial charge in [0, 0.05) is 15.8 Å². The fourth-order valence-electron chi connectivity index (χ4n) is 1.67. The van der Waals surface area contributed by atoms with Crippen molar-refractivity contribution in [2.24, 2.45) is 0 Å². The van der Waals surface area contributed by atoms with Crippen LogP contribution in [0.15, 0.2) is 42.1 Å². The number of halogens is 1. The van der Waals surface area contributed by atoms with Crippen molar-refractivity contribution in [1.29, 1.82) is 0 Å². The van der Waals surface area contributed by atoms with Crippen molar-refractivity contribution in [2.45, 2.75) is 18.6 Å². The van der Waals surface area contributed by atoms with Gasteiger partial charge in [-0.25, -0.2) is 0 Å². The van der Waals surface area contributed by atoms with Gasteiger partial charge in [0.2, 0.25) is 5.91 Å². The summed E-state index contributed by atoms with van der Waals surface area (Å²) in [6.07, 6.45) is 1.78. The SMILES string of the molecule is C=CCn1c(C)nnc1SCC(=O)Nc1ccc(I)cc1. The summed E-state index contributed by atoms with van der Waals surface area (Å²) in [6.45, 7) is 6.23. The maximum atomic E-state index is 11.9. The van der Waals surface area contributed by atoms with Gasteiger partial charge in [0.1, 0.15) is 5.82 Å². The van der Waals surface area contributed by atoms with Crippen molar-refractivity contribution in [1.82, 2.24) is 14.8 Å². The zero-order valence-electron chi connectivity index (χ0n) is 11.5. The Hall–Kier alpha value is -1.35. The second-order valence-electron chi connectivity index (χ2n) is 4.27. The summed E-state index contributed by atoms with van der Waals surface area (Å²) in [5, 5.41) is 11.7. The third kappa shape index (κ3) is 4.57. The molecule has 0 unspecified atom stereocenters. The minimum absolute atomic E-state index is 0.0629. The second kappa shape index (κ2) is 7.60. The second-order valence-corrected chi connectivity index (χ2v) is 6.46. The highest BCUT2D eigenvalue weighted by atomic mass is 127. The molecule has 1 aromatic heterocycles. The van der Waals surface area contributed by atoms with Gasteiger partial charge in [-0.2, -0.15) is 0 Å². The average molecular weight is 414 g/mol. The van der Waals surface area contributed by atoms with E-state index in [1.54, 1.807) is 6.08 Å². The fourth-order valence-corrected chi connectivity index (χ4v) is 2.82. The quantitative estimate of drug-likeness (QED) is 0.449. The number of thioether (sulfide) groups is 1. The lowest BCUT2D eigenvalue weighted by Crippen LogP contribution is -2.14. The van der Waals surface area contributed by atoms with Crippen LogP contribution < -0.4 is 5.32 Å². The van der Waals surface area contributed by atoms with Gasteiger partial charge < -0.3 is 9.88 Å². The number of aryl methyl sites for hydroxylation is 1. The topological polar surface area (TPSA) is 59.8 Å². The fraction of sp³-hybridized carbons (Fsp3) is 0.214. The summed E-state index contributed by atoms with van der Waals surface area (Å²) in [6, 6.07) is 7.67. The van der Waals surface area contributed by atoms with E-state index in [9.17, 15) is 4.79 Å². The number of anilines is 1. The Bertz CT molecular complexity index is 639. The molecule has 2 rings (SSSR count). The number of hydrogen-bond donors (Lipinski definition) is 1. The number of nitrogens with one attached hydrogen (secondary N) is 1. The molecule has 1 aromatic carbocycles. The van der Waals surface area contributed by atoms with Crippen LogP contribution in [0.5, 0.6) is 0 Å². The van der Waals surface area contributed by atoms with E-state index in [2.05, 4.69) is 44.7 Å². The van der Waals surface area contributed by atoms with Gasteiger partial charge in [-0.15, -0.1) is 16.8 Å². The molecule has 0 bridgehead atoms. The van der Waals surface area contributed by atoms with Crippen LogP contribution in [0.3, 0.4) is 0 Å². The number of carbonyl (C=O) groups is 1. The van der Waals surface area contributed by atoms with Crippen molar-refractivity contribution < 1.29 is 4.79 Å². The third-order valence-electron chi connectivity index (χ3n) is 2.67. The van der Waals surface area contributed by atoms with E-state index in [1.807, 2.05) is 35.8 Å².